The molecule has 0 bridgehead atoms. The number of nitro benzene ring substituents is 1. The summed E-state index contributed by atoms with van der Waals surface area (Å²) in [7, 11) is 0. The largest absolute Gasteiger partial charge is 0.379 e. The Labute approximate surface area is 141 Å². The highest BCUT2D eigenvalue weighted by atomic mass is 35.5. The molecule has 2 aliphatic heterocycles. The molecule has 1 aromatic carbocycles. The molecule has 0 aliphatic carbocycles. The number of hydrogen-bond donors (Lipinski definition) is 0. The van der Waals surface area contributed by atoms with Crippen molar-refractivity contribution >= 4 is 23.0 Å². The first-order chi connectivity index (χ1) is 11.1. The number of hydrogen-bond acceptors (Lipinski definition) is 5. The minimum atomic E-state index is -0.340. The SMILES string of the molecule is O=[N+]([O-])c1cc(Cl)ccc1N1CCCC(CN2CCOCC2)C1. The standard InChI is InChI=1S/C16H22ClN3O3/c17-14-3-4-15(16(10-14)20(21)22)19-5-1-2-13(12-19)11-18-6-8-23-9-7-18/h3-4,10,13H,1-2,5-9,11-12H2. The average Bonchev–Trinajstić information content (AvgIpc) is 2.56. The van der Waals surface area contributed by atoms with Crippen LogP contribution in [-0.4, -0.2) is 55.8 Å². The fourth-order valence-electron chi connectivity index (χ4n) is 3.49. The van der Waals surface area contributed by atoms with Gasteiger partial charge in [-0.2, -0.15) is 0 Å². The molecule has 0 radical (unpaired) electrons. The number of rotatable bonds is 4. The summed E-state index contributed by atoms with van der Waals surface area (Å²) < 4.78 is 5.39. The number of anilines is 1. The van der Waals surface area contributed by atoms with Crippen LogP contribution >= 0.6 is 11.6 Å². The summed E-state index contributed by atoms with van der Waals surface area (Å²) in [4.78, 5) is 15.6. The molecule has 126 valence electrons. The molecule has 7 heteroatoms. The quantitative estimate of drug-likeness (QED) is 0.623. The molecule has 2 aliphatic rings. The van der Waals surface area contributed by atoms with Gasteiger partial charge in [0.25, 0.3) is 5.69 Å². The van der Waals surface area contributed by atoms with Crippen molar-refractivity contribution < 1.29 is 9.66 Å². The second kappa shape index (κ2) is 7.47. The predicted octanol–water partition coefficient (Wildman–Crippen LogP) is 2.80. The van der Waals surface area contributed by atoms with Crippen LogP contribution in [0.15, 0.2) is 18.2 Å². The summed E-state index contributed by atoms with van der Waals surface area (Å²) in [6.45, 7) is 6.34. The maximum Gasteiger partial charge on any atom is 0.294 e. The van der Waals surface area contributed by atoms with Gasteiger partial charge in [-0.25, -0.2) is 0 Å². The smallest absolute Gasteiger partial charge is 0.294 e. The highest BCUT2D eigenvalue weighted by Crippen LogP contribution is 2.33. The molecule has 1 unspecified atom stereocenters. The fraction of sp³-hybridized carbons (Fsp3) is 0.625. The highest BCUT2D eigenvalue weighted by molar-refractivity contribution is 6.30. The van der Waals surface area contributed by atoms with Crippen LogP contribution in [0.3, 0.4) is 0 Å². The topological polar surface area (TPSA) is 58.9 Å². The van der Waals surface area contributed by atoms with Crippen molar-refractivity contribution in [3.8, 4) is 0 Å². The minimum absolute atomic E-state index is 0.101. The third-order valence-corrected chi connectivity index (χ3v) is 4.85. The fourth-order valence-corrected chi connectivity index (χ4v) is 3.66. The molecular formula is C16H22ClN3O3. The maximum absolute atomic E-state index is 11.3. The summed E-state index contributed by atoms with van der Waals surface area (Å²) in [5.74, 6) is 0.539. The zero-order chi connectivity index (χ0) is 16.2. The first-order valence-corrected chi connectivity index (χ1v) is 8.50. The monoisotopic (exact) mass is 339 g/mol. The van der Waals surface area contributed by atoms with E-state index in [-0.39, 0.29) is 10.6 Å². The van der Waals surface area contributed by atoms with Gasteiger partial charge in [0.2, 0.25) is 0 Å². The normalized spacial score (nSPS) is 23.0. The van der Waals surface area contributed by atoms with E-state index in [1.807, 2.05) is 0 Å². The van der Waals surface area contributed by atoms with Gasteiger partial charge in [-0.05, 0) is 30.9 Å². The lowest BCUT2D eigenvalue weighted by Gasteiger charge is -2.37. The number of benzene rings is 1. The third kappa shape index (κ3) is 4.13. The Hall–Kier alpha value is -1.37. The van der Waals surface area contributed by atoms with Crippen LogP contribution in [0.1, 0.15) is 12.8 Å². The van der Waals surface area contributed by atoms with Gasteiger partial charge in [0, 0.05) is 43.8 Å². The summed E-state index contributed by atoms with van der Waals surface area (Å²) in [6, 6.07) is 4.95. The van der Waals surface area contributed by atoms with Gasteiger partial charge >= 0.3 is 0 Å². The molecule has 23 heavy (non-hydrogen) atoms. The Morgan fingerprint density at radius 1 is 1.30 bits per heavy atom. The predicted molar refractivity (Wildman–Crippen MR) is 90.3 cm³/mol. The zero-order valence-electron chi connectivity index (χ0n) is 13.1. The molecule has 0 spiro atoms. The summed E-state index contributed by atoms with van der Waals surface area (Å²) in [5, 5.41) is 11.7. The van der Waals surface area contributed by atoms with Crippen LogP contribution in [0, 0.1) is 16.0 Å². The van der Waals surface area contributed by atoms with Crippen molar-refractivity contribution in [3.05, 3.63) is 33.3 Å². The summed E-state index contributed by atoms with van der Waals surface area (Å²) >= 11 is 5.92. The van der Waals surface area contributed by atoms with E-state index in [1.165, 1.54) is 12.5 Å². The van der Waals surface area contributed by atoms with Gasteiger partial charge in [-0.3, -0.25) is 15.0 Å². The lowest BCUT2D eigenvalue weighted by atomic mass is 9.96. The maximum atomic E-state index is 11.3. The molecule has 6 nitrogen and oxygen atoms in total. The number of morpholine rings is 1. The van der Waals surface area contributed by atoms with E-state index in [4.69, 9.17) is 16.3 Å². The van der Waals surface area contributed by atoms with Crippen LogP contribution in [0.5, 0.6) is 0 Å². The lowest BCUT2D eigenvalue weighted by Crippen LogP contribution is -2.44. The molecular weight excluding hydrogens is 318 g/mol. The van der Waals surface area contributed by atoms with Gasteiger partial charge in [0.05, 0.1) is 18.1 Å². The van der Waals surface area contributed by atoms with Crippen molar-refractivity contribution in [2.45, 2.75) is 12.8 Å². The van der Waals surface area contributed by atoms with Crippen molar-refractivity contribution in [1.29, 1.82) is 0 Å². The van der Waals surface area contributed by atoms with E-state index in [0.29, 0.717) is 16.6 Å². The van der Waals surface area contributed by atoms with Crippen molar-refractivity contribution in [2.24, 2.45) is 5.92 Å². The van der Waals surface area contributed by atoms with Crippen LogP contribution in [-0.2, 0) is 4.74 Å². The number of piperidine rings is 1. The Bertz CT molecular complexity index is 564. The average molecular weight is 340 g/mol. The Morgan fingerprint density at radius 2 is 2.09 bits per heavy atom. The van der Waals surface area contributed by atoms with E-state index in [0.717, 1.165) is 52.4 Å². The molecule has 0 aromatic heterocycles. The number of nitro groups is 1. The summed E-state index contributed by atoms with van der Waals surface area (Å²) in [5.41, 5.74) is 0.788. The van der Waals surface area contributed by atoms with Crippen LogP contribution in [0.4, 0.5) is 11.4 Å². The van der Waals surface area contributed by atoms with Crippen LogP contribution in [0.2, 0.25) is 5.02 Å². The zero-order valence-corrected chi connectivity index (χ0v) is 13.9. The molecule has 2 saturated heterocycles. The minimum Gasteiger partial charge on any atom is -0.379 e. The second-order valence-electron chi connectivity index (χ2n) is 6.26. The molecule has 3 rings (SSSR count). The molecule has 1 aromatic rings. The van der Waals surface area contributed by atoms with Crippen molar-refractivity contribution in [2.75, 3.05) is 50.8 Å². The van der Waals surface area contributed by atoms with Gasteiger partial charge in [0.15, 0.2) is 0 Å². The molecule has 2 fully saturated rings. The van der Waals surface area contributed by atoms with Crippen molar-refractivity contribution in [1.82, 2.24) is 4.90 Å². The van der Waals surface area contributed by atoms with Crippen LogP contribution in [0.25, 0.3) is 0 Å². The Kier molecular flexibility index (Phi) is 5.35. The molecule has 0 amide bonds. The first-order valence-electron chi connectivity index (χ1n) is 8.12. The van der Waals surface area contributed by atoms with E-state index in [2.05, 4.69) is 9.80 Å². The number of halogens is 1. The molecule has 0 N–H and O–H groups in total. The van der Waals surface area contributed by atoms with E-state index in [1.54, 1.807) is 12.1 Å². The van der Waals surface area contributed by atoms with E-state index < -0.39 is 0 Å². The van der Waals surface area contributed by atoms with Crippen molar-refractivity contribution in [3.63, 3.8) is 0 Å². The van der Waals surface area contributed by atoms with Gasteiger partial charge in [0.1, 0.15) is 5.69 Å². The Morgan fingerprint density at radius 3 is 2.83 bits per heavy atom. The molecule has 0 saturated carbocycles. The lowest BCUT2D eigenvalue weighted by molar-refractivity contribution is -0.384. The number of nitrogens with zero attached hydrogens (tertiary/aromatic N) is 3. The van der Waals surface area contributed by atoms with Gasteiger partial charge in [-0.1, -0.05) is 11.6 Å². The van der Waals surface area contributed by atoms with Gasteiger partial charge in [-0.15, -0.1) is 0 Å². The van der Waals surface area contributed by atoms with Gasteiger partial charge < -0.3 is 9.64 Å². The second-order valence-corrected chi connectivity index (χ2v) is 6.69. The highest BCUT2D eigenvalue weighted by Gasteiger charge is 2.27. The first kappa shape index (κ1) is 16.5. The summed E-state index contributed by atoms with van der Waals surface area (Å²) in [6.07, 6.45) is 2.24. The third-order valence-electron chi connectivity index (χ3n) is 4.61. The number of ether oxygens (including phenoxy) is 1. The van der Waals surface area contributed by atoms with E-state index in [9.17, 15) is 10.1 Å². The molecule has 1 atom stereocenters. The molecule has 2 heterocycles. The van der Waals surface area contributed by atoms with E-state index >= 15 is 0 Å². The van der Waals surface area contributed by atoms with Crippen LogP contribution < -0.4 is 4.90 Å². The Balaban J connectivity index is 1.69.